The van der Waals surface area contributed by atoms with Gasteiger partial charge in [-0.2, -0.15) is 4.98 Å². The molecule has 2 rings (SSSR count). The molecule has 1 saturated heterocycles. The molecule has 0 saturated carbocycles. The van der Waals surface area contributed by atoms with Crippen LogP contribution in [0.25, 0.3) is 0 Å². The molecule has 0 radical (unpaired) electrons. The van der Waals surface area contributed by atoms with Crippen LogP contribution in [0.2, 0.25) is 0 Å². The zero-order chi connectivity index (χ0) is 10.7. The summed E-state index contributed by atoms with van der Waals surface area (Å²) in [5.41, 5.74) is 5.93. The van der Waals surface area contributed by atoms with E-state index in [-0.39, 0.29) is 6.04 Å². The van der Waals surface area contributed by atoms with E-state index in [2.05, 4.69) is 9.88 Å². The van der Waals surface area contributed by atoms with Crippen molar-refractivity contribution < 1.29 is 4.74 Å². The number of piperidine rings is 1. The first-order chi connectivity index (χ1) is 7.29. The van der Waals surface area contributed by atoms with Gasteiger partial charge < -0.3 is 15.4 Å². The normalized spacial score (nSPS) is 21.5. The van der Waals surface area contributed by atoms with Crippen molar-refractivity contribution >= 4 is 5.82 Å². The number of pyridine rings is 1. The fourth-order valence-electron chi connectivity index (χ4n) is 1.91. The van der Waals surface area contributed by atoms with E-state index >= 15 is 0 Å². The third-order valence-corrected chi connectivity index (χ3v) is 2.70. The third kappa shape index (κ3) is 2.39. The fraction of sp³-hybridized carbons (Fsp3) is 0.545. The lowest BCUT2D eigenvalue weighted by Gasteiger charge is -2.31. The summed E-state index contributed by atoms with van der Waals surface area (Å²) >= 11 is 0. The highest BCUT2D eigenvalue weighted by Gasteiger charge is 2.17. The van der Waals surface area contributed by atoms with Crippen molar-refractivity contribution in [3.8, 4) is 5.88 Å². The standard InChI is InChI=1S/C11H17N3O/c1-15-11-6-2-5-10(13-11)14-7-3-4-9(12)8-14/h2,5-6,9H,3-4,7-8,12H2,1H3. The molecule has 1 atom stereocenters. The van der Waals surface area contributed by atoms with Gasteiger partial charge in [0, 0.05) is 25.2 Å². The lowest BCUT2D eigenvalue weighted by molar-refractivity contribution is 0.397. The van der Waals surface area contributed by atoms with Crippen LogP contribution in [0.4, 0.5) is 5.82 Å². The van der Waals surface area contributed by atoms with Crippen molar-refractivity contribution in [3.05, 3.63) is 18.2 Å². The minimum atomic E-state index is 0.270. The number of nitrogens with zero attached hydrogens (tertiary/aromatic N) is 2. The van der Waals surface area contributed by atoms with E-state index in [0.29, 0.717) is 5.88 Å². The van der Waals surface area contributed by atoms with Crippen molar-refractivity contribution in [1.29, 1.82) is 0 Å². The number of aromatic nitrogens is 1. The number of nitrogens with two attached hydrogens (primary N) is 1. The highest BCUT2D eigenvalue weighted by atomic mass is 16.5. The maximum absolute atomic E-state index is 5.93. The summed E-state index contributed by atoms with van der Waals surface area (Å²) < 4.78 is 5.10. The van der Waals surface area contributed by atoms with Crippen molar-refractivity contribution in [3.63, 3.8) is 0 Å². The second-order valence-electron chi connectivity index (χ2n) is 3.89. The van der Waals surface area contributed by atoms with Crippen LogP contribution in [0.3, 0.4) is 0 Å². The summed E-state index contributed by atoms with van der Waals surface area (Å²) in [4.78, 5) is 6.62. The molecule has 1 aliphatic heterocycles. The van der Waals surface area contributed by atoms with Crippen molar-refractivity contribution in [2.45, 2.75) is 18.9 Å². The smallest absolute Gasteiger partial charge is 0.214 e. The first-order valence-corrected chi connectivity index (χ1v) is 5.31. The second-order valence-corrected chi connectivity index (χ2v) is 3.89. The zero-order valence-electron chi connectivity index (χ0n) is 9.02. The summed E-state index contributed by atoms with van der Waals surface area (Å²) in [7, 11) is 1.63. The minimum Gasteiger partial charge on any atom is -0.481 e. The van der Waals surface area contributed by atoms with Crippen LogP contribution in [0, 0.1) is 0 Å². The molecule has 0 bridgehead atoms. The molecule has 82 valence electrons. The predicted octanol–water partition coefficient (Wildman–Crippen LogP) is 1.02. The lowest BCUT2D eigenvalue weighted by Crippen LogP contribution is -2.43. The van der Waals surface area contributed by atoms with Crippen LogP contribution in [-0.4, -0.2) is 31.2 Å². The molecule has 4 heteroatoms. The quantitative estimate of drug-likeness (QED) is 0.786. The molecule has 2 N–H and O–H groups in total. The van der Waals surface area contributed by atoms with Gasteiger partial charge in [-0.1, -0.05) is 6.07 Å². The van der Waals surface area contributed by atoms with Gasteiger partial charge in [0.25, 0.3) is 0 Å². The highest BCUT2D eigenvalue weighted by molar-refractivity contribution is 5.41. The maximum Gasteiger partial charge on any atom is 0.214 e. The number of anilines is 1. The molecular weight excluding hydrogens is 190 g/mol. The lowest BCUT2D eigenvalue weighted by atomic mass is 10.1. The Kier molecular flexibility index (Phi) is 3.06. The molecule has 1 aliphatic rings. The summed E-state index contributed by atoms with van der Waals surface area (Å²) in [6.45, 7) is 1.92. The molecule has 1 fully saturated rings. The van der Waals surface area contributed by atoms with Gasteiger partial charge in [-0.3, -0.25) is 0 Å². The predicted molar refractivity (Wildman–Crippen MR) is 60.2 cm³/mol. The van der Waals surface area contributed by atoms with E-state index in [4.69, 9.17) is 10.5 Å². The van der Waals surface area contributed by atoms with Gasteiger partial charge in [-0.15, -0.1) is 0 Å². The Morgan fingerprint density at radius 2 is 2.40 bits per heavy atom. The van der Waals surface area contributed by atoms with E-state index in [1.807, 2.05) is 18.2 Å². The van der Waals surface area contributed by atoms with Crippen LogP contribution in [-0.2, 0) is 0 Å². The van der Waals surface area contributed by atoms with Gasteiger partial charge in [0.1, 0.15) is 5.82 Å². The molecule has 0 spiro atoms. The monoisotopic (exact) mass is 207 g/mol. The first kappa shape index (κ1) is 10.2. The SMILES string of the molecule is COc1cccc(N2CCCC(N)C2)n1. The van der Waals surface area contributed by atoms with Gasteiger partial charge >= 0.3 is 0 Å². The first-order valence-electron chi connectivity index (χ1n) is 5.31. The second kappa shape index (κ2) is 4.49. The van der Waals surface area contributed by atoms with Crippen LogP contribution >= 0.6 is 0 Å². The summed E-state index contributed by atoms with van der Waals surface area (Å²) in [6, 6.07) is 6.08. The van der Waals surface area contributed by atoms with Crippen molar-refractivity contribution in [2.75, 3.05) is 25.1 Å². The molecule has 0 aliphatic carbocycles. The van der Waals surface area contributed by atoms with Crippen LogP contribution in [0.15, 0.2) is 18.2 Å². The summed E-state index contributed by atoms with van der Waals surface area (Å²) in [6.07, 6.45) is 2.25. The number of hydrogen-bond donors (Lipinski definition) is 1. The molecule has 1 aromatic rings. The van der Waals surface area contributed by atoms with Crippen LogP contribution in [0.5, 0.6) is 5.88 Å². The highest BCUT2D eigenvalue weighted by Crippen LogP contribution is 2.19. The van der Waals surface area contributed by atoms with Gasteiger partial charge in [-0.25, -0.2) is 0 Å². The molecule has 2 heterocycles. The fourth-order valence-corrected chi connectivity index (χ4v) is 1.91. The molecule has 1 unspecified atom stereocenters. The minimum absolute atomic E-state index is 0.270. The summed E-state index contributed by atoms with van der Waals surface area (Å²) in [5.74, 6) is 1.62. The Morgan fingerprint density at radius 3 is 3.13 bits per heavy atom. The molecular formula is C11H17N3O. The molecule has 0 amide bonds. The van der Waals surface area contributed by atoms with Crippen LogP contribution in [0.1, 0.15) is 12.8 Å². The average Bonchev–Trinajstić information content (AvgIpc) is 2.29. The molecule has 0 aromatic carbocycles. The Balaban J connectivity index is 2.13. The van der Waals surface area contributed by atoms with Gasteiger partial charge in [0.15, 0.2) is 0 Å². The molecule has 15 heavy (non-hydrogen) atoms. The summed E-state index contributed by atoms with van der Waals surface area (Å²) in [5, 5.41) is 0. The maximum atomic E-state index is 5.93. The van der Waals surface area contributed by atoms with Crippen molar-refractivity contribution in [2.24, 2.45) is 5.73 Å². The average molecular weight is 207 g/mol. The van der Waals surface area contributed by atoms with E-state index in [0.717, 1.165) is 31.7 Å². The zero-order valence-corrected chi connectivity index (χ0v) is 9.02. The van der Waals surface area contributed by atoms with E-state index in [1.165, 1.54) is 0 Å². The number of ether oxygens (including phenoxy) is 1. The molecule has 1 aromatic heterocycles. The van der Waals surface area contributed by atoms with E-state index < -0.39 is 0 Å². The number of methoxy groups -OCH3 is 1. The topological polar surface area (TPSA) is 51.4 Å². The number of hydrogen-bond acceptors (Lipinski definition) is 4. The van der Waals surface area contributed by atoms with Gasteiger partial charge in [0.05, 0.1) is 7.11 Å². The third-order valence-electron chi connectivity index (χ3n) is 2.70. The Hall–Kier alpha value is -1.29. The van der Waals surface area contributed by atoms with E-state index in [9.17, 15) is 0 Å². The Bertz CT molecular complexity index is 329. The van der Waals surface area contributed by atoms with Gasteiger partial charge in [-0.05, 0) is 18.9 Å². The molecule has 4 nitrogen and oxygen atoms in total. The van der Waals surface area contributed by atoms with Crippen LogP contribution < -0.4 is 15.4 Å². The Morgan fingerprint density at radius 1 is 1.53 bits per heavy atom. The van der Waals surface area contributed by atoms with E-state index in [1.54, 1.807) is 7.11 Å². The Labute approximate surface area is 90.0 Å². The largest absolute Gasteiger partial charge is 0.481 e. The van der Waals surface area contributed by atoms with Crippen molar-refractivity contribution in [1.82, 2.24) is 4.98 Å². The van der Waals surface area contributed by atoms with Gasteiger partial charge in [0.2, 0.25) is 5.88 Å². The number of rotatable bonds is 2.